The van der Waals surface area contributed by atoms with Gasteiger partial charge in [-0.05, 0) is 40.2 Å². The second-order valence-electron chi connectivity index (χ2n) is 4.28. The molecule has 0 radical (unpaired) electrons. The number of ether oxygens (including phenoxy) is 2. The Morgan fingerprint density at radius 3 is 2.67 bits per heavy atom. The lowest BCUT2D eigenvalue weighted by Crippen LogP contribution is -2.03. The van der Waals surface area contributed by atoms with Crippen LogP contribution in [0.1, 0.15) is 11.3 Å². The van der Waals surface area contributed by atoms with Crippen molar-refractivity contribution in [3.63, 3.8) is 0 Å². The molecule has 0 aliphatic heterocycles. The second kappa shape index (κ2) is 6.41. The zero-order chi connectivity index (χ0) is 15.4. The molecular weight excluding hydrogens is 296 g/mol. The minimum atomic E-state index is -0.572. The number of benzene rings is 1. The first-order valence-electron chi connectivity index (χ1n) is 6.08. The number of aryl methyl sites for hydroxylation is 1. The fourth-order valence-corrected chi connectivity index (χ4v) is 1.98. The molecule has 0 aliphatic carbocycles. The van der Waals surface area contributed by atoms with Crippen LogP contribution in [-0.4, -0.2) is 17.0 Å². The summed E-state index contributed by atoms with van der Waals surface area (Å²) < 4.78 is 10.7. The number of nitro groups is 1. The third-order valence-electron chi connectivity index (χ3n) is 2.78. The summed E-state index contributed by atoms with van der Waals surface area (Å²) in [6.45, 7) is 1.77. The Hall–Kier alpha value is -2.34. The fourth-order valence-electron chi connectivity index (χ4n) is 1.79. The van der Waals surface area contributed by atoms with Crippen molar-refractivity contribution in [2.45, 2.75) is 13.5 Å². The molecule has 1 aromatic heterocycles. The summed E-state index contributed by atoms with van der Waals surface area (Å²) in [5, 5.41) is 11.5. The van der Waals surface area contributed by atoms with Crippen molar-refractivity contribution in [3.05, 3.63) is 56.7 Å². The summed E-state index contributed by atoms with van der Waals surface area (Å²) in [6.07, 6.45) is 0. The van der Waals surface area contributed by atoms with Crippen molar-refractivity contribution < 1.29 is 14.4 Å². The van der Waals surface area contributed by atoms with Crippen molar-refractivity contribution in [3.8, 4) is 11.5 Å². The van der Waals surface area contributed by atoms with Gasteiger partial charge in [0.25, 0.3) is 0 Å². The zero-order valence-corrected chi connectivity index (χ0v) is 12.3. The molecule has 0 spiro atoms. The molecule has 0 aliphatic rings. The van der Waals surface area contributed by atoms with Gasteiger partial charge < -0.3 is 19.6 Å². The lowest BCUT2D eigenvalue weighted by Gasteiger charge is -2.10. The van der Waals surface area contributed by atoms with Crippen molar-refractivity contribution in [1.29, 1.82) is 0 Å². The van der Waals surface area contributed by atoms with Crippen molar-refractivity contribution in [1.82, 2.24) is 4.98 Å². The molecule has 2 rings (SSSR count). The molecule has 0 atom stereocenters. The Bertz CT molecular complexity index is 676. The summed E-state index contributed by atoms with van der Waals surface area (Å²) in [6, 6.07) is 8.27. The number of hydrogen-bond donors (Lipinski definition) is 0. The largest absolute Gasteiger partial charge is 0.496 e. The van der Waals surface area contributed by atoms with E-state index in [9.17, 15) is 10.1 Å². The van der Waals surface area contributed by atoms with Crippen LogP contribution in [0.4, 0.5) is 5.82 Å². The molecular formula is C14H13ClN2O4. The average Bonchev–Trinajstić information content (AvgIpc) is 2.46. The highest BCUT2D eigenvalue weighted by Crippen LogP contribution is 2.28. The highest BCUT2D eigenvalue weighted by Gasteiger charge is 2.18. The molecule has 7 heteroatoms. The van der Waals surface area contributed by atoms with Crippen LogP contribution >= 0.6 is 11.6 Å². The minimum Gasteiger partial charge on any atom is -0.496 e. The lowest BCUT2D eigenvalue weighted by molar-refractivity contribution is -0.390. The molecule has 0 bridgehead atoms. The van der Waals surface area contributed by atoms with Crippen LogP contribution in [-0.2, 0) is 6.61 Å². The zero-order valence-electron chi connectivity index (χ0n) is 11.5. The topological polar surface area (TPSA) is 74.5 Å². The van der Waals surface area contributed by atoms with Gasteiger partial charge in [0.1, 0.15) is 18.1 Å². The SMILES string of the molecule is COc1ccc(Cl)cc1COc1ccc(C)nc1[N+](=O)[O-]. The Kier molecular flexibility index (Phi) is 4.59. The van der Waals surface area contributed by atoms with Gasteiger partial charge in [-0.15, -0.1) is 0 Å². The van der Waals surface area contributed by atoms with E-state index in [1.807, 2.05) is 0 Å². The fraction of sp³-hybridized carbons (Fsp3) is 0.214. The van der Waals surface area contributed by atoms with Crippen molar-refractivity contribution >= 4 is 17.4 Å². The molecule has 1 aromatic carbocycles. The van der Waals surface area contributed by atoms with E-state index < -0.39 is 4.92 Å². The van der Waals surface area contributed by atoms with Crippen LogP contribution < -0.4 is 9.47 Å². The number of hydrogen-bond acceptors (Lipinski definition) is 5. The number of halogens is 1. The van der Waals surface area contributed by atoms with Crippen LogP contribution in [0.5, 0.6) is 11.5 Å². The molecule has 6 nitrogen and oxygen atoms in total. The number of rotatable bonds is 5. The molecule has 0 saturated carbocycles. The lowest BCUT2D eigenvalue weighted by atomic mass is 10.2. The first-order chi connectivity index (χ1) is 10.0. The molecule has 0 fully saturated rings. The van der Waals surface area contributed by atoms with E-state index in [1.54, 1.807) is 31.2 Å². The van der Waals surface area contributed by atoms with E-state index in [0.29, 0.717) is 22.0 Å². The Morgan fingerprint density at radius 2 is 2.00 bits per heavy atom. The molecule has 0 amide bonds. The van der Waals surface area contributed by atoms with E-state index in [4.69, 9.17) is 21.1 Å². The van der Waals surface area contributed by atoms with Crippen molar-refractivity contribution in [2.75, 3.05) is 7.11 Å². The van der Waals surface area contributed by atoms with Gasteiger partial charge in [-0.1, -0.05) is 11.6 Å². The van der Waals surface area contributed by atoms with Gasteiger partial charge in [0.05, 0.1) is 7.11 Å². The number of aromatic nitrogens is 1. The third-order valence-corrected chi connectivity index (χ3v) is 3.01. The van der Waals surface area contributed by atoms with Gasteiger partial charge in [-0.2, -0.15) is 0 Å². The molecule has 0 N–H and O–H groups in total. The quantitative estimate of drug-likeness (QED) is 0.624. The Morgan fingerprint density at radius 1 is 1.29 bits per heavy atom. The highest BCUT2D eigenvalue weighted by atomic mass is 35.5. The van der Waals surface area contributed by atoms with E-state index in [2.05, 4.69) is 4.98 Å². The second-order valence-corrected chi connectivity index (χ2v) is 4.71. The molecule has 2 aromatic rings. The first-order valence-corrected chi connectivity index (χ1v) is 6.46. The standard InChI is InChI=1S/C14H13ClN2O4/c1-9-3-5-13(14(16-9)17(18)19)21-8-10-7-11(15)4-6-12(10)20-2/h3-7H,8H2,1-2H3. The summed E-state index contributed by atoms with van der Waals surface area (Å²) in [7, 11) is 1.53. The van der Waals surface area contributed by atoms with Crippen LogP contribution in [0.25, 0.3) is 0 Å². The highest BCUT2D eigenvalue weighted by molar-refractivity contribution is 6.30. The molecule has 21 heavy (non-hydrogen) atoms. The van der Waals surface area contributed by atoms with Gasteiger partial charge in [0.2, 0.25) is 5.75 Å². The van der Waals surface area contributed by atoms with Gasteiger partial charge >= 0.3 is 5.82 Å². The number of nitrogens with zero attached hydrogens (tertiary/aromatic N) is 2. The van der Waals surface area contributed by atoms with Gasteiger partial charge in [-0.3, -0.25) is 0 Å². The third kappa shape index (κ3) is 3.61. The average molecular weight is 309 g/mol. The first kappa shape index (κ1) is 15.1. The maximum absolute atomic E-state index is 11.0. The Labute approximate surface area is 126 Å². The molecule has 1 heterocycles. The number of pyridine rings is 1. The van der Waals surface area contributed by atoms with Gasteiger partial charge in [0.15, 0.2) is 0 Å². The maximum Gasteiger partial charge on any atom is 0.406 e. The van der Waals surface area contributed by atoms with Crippen molar-refractivity contribution in [2.24, 2.45) is 0 Å². The van der Waals surface area contributed by atoms with E-state index in [0.717, 1.165) is 0 Å². The Balaban J connectivity index is 2.24. The predicted molar refractivity (Wildman–Crippen MR) is 78.0 cm³/mol. The van der Waals surface area contributed by atoms with Crippen LogP contribution in [0.2, 0.25) is 5.02 Å². The van der Waals surface area contributed by atoms with Gasteiger partial charge in [0, 0.05) is 17.5 Å². The normalized spacial score (nSPS) is 10.2. The maximum atomic E-state index is 11.0. The summed E-state index contributed by atoms with van der Waals surface area (Å²) in [5.41, 5.74) is 1.24. The van der Waals surface area contributed by atoms with E-state index in [-0.39, 0.29) is 18.2 Å². The summed E-state index contributed by atoms with van der Waals surface area (Å²) >= 11 is 5.93. The summed E-state index contributed by atoms with van der Waals surface area (Å²) in [4.78, 5) is 14.3. The monoisotopic (exact) mass is 308 g/mol. The van der Waals surface area contributed by atoms with Crippen LogP contribution in [0, 0.1) is 17.0 Å². The number of methoxy groups -OCH3 is 1. The van der Waals surface area contributed by atoms with E-state index in [1.165, 1.54) is 13.2 Å². The van der Waals surface area contributed by atoms with Crippen LogP contribution in [0.3, 0.4) is 0 Å². The predicted octanol–water partition coefficient (Wildman–Crippen LogP) is 3.54. The van der Waals surface area contributed by atoms with E-state index >= 15 is 0 Å². The smallest absolute Gasteiger partial charge is 0.406 e. The van der Waals surface area contributed by atoms with Gasteiger partial charge in [-0.25, -0.2) is 0 Å². The minimum absolute atomic E-state index is 0.0926. The molecule has 110 valence electrons. The molecule has 0 saturated heterocycles. The van der Waals surface area contributed by atoms with Crippen LogP contribution in [0.15, 0.2) is 30.3 Å². The molecule has 0 unspecified atom stereocenters. The summed E-state index contributed by atoms with van der Waals surface area (Å²) in [5.74, 6) is 0.394.